The van der Waals surface area contributed by atoms with Gasteiger partial charge in [-0.25, -0.2) is 4.79 Å². The van der Waals surface area contributed by atoms with E-state index in [2.05, 4.69) is 10.5 Å². The summed E-state index contributed by atoms with van der Waals surface area (Å²) in [6.45, 7) is 0. The third-order valence-electron chi connectivity index (χ3n) is 3.59. The first kappa shape index (κ1) is 14.8. The Labute approximate surface area is 130 Å². The third kappa shape index (κ3) is 2.66. The maximum atomic E-state index is 12.0. The van der Waals surface area contributed by atoms with Crippen molar-refractivity contribution in [2.45, 2.75) is 12.0 Å². The number of hydrazone groups is 1. The molecular weight excluding hydrogens is 302 g/mol. The number of methoxy groups -OCH3 is 1. The summed E-state index contributed by atoms with van der Waals surface area (Å²) in [5, 5.41) is 14.9. The number of nitro groups is 1. The first-order chi connectivity index (χ1) is 11.1. The van der Waals surface area contributed by atoms with Gasteiger partial charge < -0.3 is 9.15 Å². The minimum Gasteiger partial charge on any atom is -0.467 e. The van der Waals surface area contributed by atoms with Gasteiger partial charge in [0, 0.05) is 0 Å². The van der Waals surface area contributed by atoms with Crippen LogP contribution in [0.15, 0.2) is 52.0 Å². The SMILES string of the molecule is COC(=O)[C@H]1NN=C(c2ccc([N+](=O)[O-])o2)[C@@H]1c1ccccc1. The molecule has 118 valence electrons. The molecule has 1 aliphatic rings. The first-order valence-corrected chi connectivity index (χ1v) is 6.82. The van der Waals surface area contributed by atoms with Crippen molar-refractivity contribution in [2.24, 2.45) is 5.10 Å². The van der Waals surface area contributed by atoms with E-state index in [-0.39, 0.29) is 11.6 Å². The molecule has 1 aromatic heterocycles. The Morgan fingerprint density at radius 2 is 2.04 bits per heavy atom. The lowest BCUT2D eigenvalue weighted by molar-refractivity contribution is -0.402. The van der Waals surface area contributed by atoms with E-state index in [9.17, 15) is 14.9 Å². The molecule has 23 heavy (non-hydrogen) atoms. The summed E-state index contributed by atoms with van der Waals surface area (Å²) in [4.78, 5) is 22.1. The fourth-order valence-corrected chi connectivity index (χ4v) is 2.54. The van der Waals surface area contributed by atoms with Gasteiger partial charge in [0.15, 0.2) is 11.8 Å². The molecule has 1 aromatic carbocycles. The van der Waals surface area contributed by atoms with Crippen LogP contribution in [-0.4, -0.2) is 29.8 Å². The van der Waals surface area contributed by atoms with Crippen molar-refractivity contribution in [3.63, 3.8) is 0 Å². The third-order valence-corrected chi connectivity index (χ3v) is 3.59. The number of carbonyl (C=O) groups excluding carboxylic acids is 1. The van der Waals surface area contributed by atoms with Crippen LogP contribution in [0.3, 0.4) is 0 Å². The molecule has 0 unspecified atom stereocenters. The Morgan fingerprint density at radius 1 is 1.30 bits per heavy atom. The van der Waals surface area contributed by atoms with Crippen LogP contribution in [0.2, 0.25) is 0 Å². The smallest absolute Gasteiger partial charge is 0.433 e. The highest BCUT2D eigenvalue weighted by Gasteiger charge is 2.40. The lowest BCUT2D eigenvalue weighted by atomic mass is 9.87. The van der Waals surface area contributed by atoms with Gasteiger partial charge >= 0.3 is 11.9 Å². The Hall–Kier alpha value is -3.16. The van der Waals surface area contributed by atoms with Crippen LogP contribution in [0.1, 0.15) is 17.2 Å². The number of carbonyl (C=O) groups is 1. The highest BCUT2D eigenvalue weighted by molar-refractivity contribution is 6.07. The van der Waals surface area contributed by atoms with Crippen molar-refractivity contribution >= 4 is 17.6 Å². The number of rotatable bonds is 4. The lowest BCUT2D eigenvalue weighted by Gasteiger charge is -2.18. The van der Waals surface area contributed by atoms with Crippen molar-refractivity contribution in [3.8, 4) is 0 Å². The van der Waals surface area contributed by atoms with Crippen LogP contribution in [0.5, 0.6) is 0 Å². The molecule has 1 N–H and O–H groups in total. The predicted molar refractivity (Wildman–Crippen MR) is 80.0 cm³/mol. The summed E-state index contributed by atoms with van der Waals surface area (Å²) in [5.74, 6) is -1.08. The maximum absolute atomic E-state index is 12.0. The molecule has 0 spiro atoms. The Bertz CT molecular complexity index is 768. The fourth-order valence-electron chi connectivity index (χ4n) is 2.54. The lowest BCUT2D eigenvalue weighted by Crippen LogP contribution is -2.37. The van der Waals surface area contributed by atoms with Crippen molar-refractivity contribution in [3.05, 3.63) is 63.9 Å². The zero-order valence-corrected chi connectivity index (χ0v) is 12.1. The van der Waals surface area contributed by atoms with Crippen LogP contribution in [-0.2, 0) is 9.53 Å². The number of ether oxygens (including phenoxy) is 1. The molecular formula is C15H13N3O5. The summed E-state index contributed by atoms with van der Waals surface area (Å²) in [5.41, 5.74) is 3.97. The number of nitrogens with one attached hydrogen (secondary N) is 1. The zero-order valence-electron chi connectivity index (χ0n) is 12.1. The molecule has 0 amide bonds. The molecule has 2 aromatic rings. The number of benzene rings is 1. The van der Waals surface area contributed by atoms with Crippen molar-refractivity contribution < 1.29 is 18.9 Å². The van der Waals surface area contributed by atoms with Gasteiger partial charge in [0.25, 0.3) is 0 Å². The van der Waals surface area contributed by atoms with E-state index in [1.807, 2.05) is 30.3 Å². The molecule has 0 aliphatic carbocycles. The van der Waals surface area contributed by atoms with Gasteiger partial charge in [-0.2, -0.15) is 5.10 Å². The molecule has 2 atom stereocenters. The van der Waals surface area contributed by atoms with Gasteiger partial charge in [-0.15, -0.1) is 0 Å². The fraction of sp³-hybridized carbons (Fsp3) is 0.200. The average molecular weight is 315 g/mol. The Balaban J connectivity index is 2.01. The van der Waals surface area contributed by atoms with Crippen LogP contribution < -0.4 is 5.43 Å². The number of furan rings is 1. The van der Waals surface area contributed by atoms with Gasteiger partial charge in [-0.05, 0) is 11.6 Å². The second-order valence-corrected chi connectivity index (χ2v) is 4.91. The molecule has 0 bridgehead atoms. The largest absolute Gasteiger partial charge is 0.467 e. The number of hydrogen-bond acceptors (Lipinski definition) is 7. The van der Waals surface area contributed by atoms with Crippen molar-refractivity contribution in [1.29, 1.82) is 0 Å². The van der Waals surface area contributed by atoms with Gasteiger partial charge in [-0.1, -0.05) is 30.3 Å². The average Bonchev–Trinajstić information content (AvgIpc) is 3.21. The number of nitrogens with zero attached hydrogens (tertiary/aromatic N) is 2. The van der Waals surface area contributed by atoms with E-state index < -0.39 is 22.9 Å². The molecule has 0 saturated heterocycles. The van der Waals surface area contributed by atoms with Gasteiger partial charge in [-0.3, -0.25) is 15.5 Å². The summed E-state index contributed by atoms with van der Waals surface area (Å²) in [6.07, 6.45) is 0. The van der Waals surface area contributed by atoms with Crippen molar-refractivity contribution in [1.82, 2.24) is 5.43 Å². The van der Waals surface area contributed by atoms with E-state index >= 15 is 0 Å². The second kappa shape index (κ2) is 5.91. The van der Waals surface area contributed by atoms with Crippen LogP contribution in [0, 0.1) is 10.1 Å². The first-order valence-electron chi connectivity index (χ1n) is 6.82. The summed E-state index contributed by atoms with van der Waals surface area (Å²) >= 11 is 0. The predicted octanol–water partition coefficient (Wildman–Crippen LogP) is 1.82. The summed E-state index contributed by atoms with van der Waals surface area (Å²) in [6, 6.07) is 11.2. The maximum Gasteiger partial charge on any atom is 0.433 e. The van der Waals surface area contributed by atoms with Gasteiger partial charge in [0.05, 0.1) is 19.1 Å². The van der Waals surface area contributed by atoms with Crippen LogP contribution >= 0.6 is 0 Å². The molecule has 1 aliphatic heterocycles. The summed E-state index contributed by atoms with van der Waals surface area (Å²) in [7, 11) is 1.29. The number of esters is 1. The molecule has 8 nitrogen and oxygen atoms in total. The molecule has 3 rings (SSSR count). The topological polar surface area (TPSA) is 107 Å². The Morgan fingerprint density at radius 3 is 2.65 bits per heavy atom. The van der Waals surface area contributed by atoms with Crippen LogP contribution in [0.25, 0.3) is 0 Å². The van der Waals surface area contributed by atoms with Gasteiger partial charge in [0.2, 0.25) is 0 Å². The standard InChI is InChI=1S/C15H13N3O5/c1-22-15(19)14-12(9-5-3-2-4-6-9)13(16-17-14)10-7-8-11(23-10)18(20)21/h2-8,12,14,17H,1H3/t12-,14-/m0/s1. The molecule has 0 saturated carbocycles. The van der Waals surface area contributed by atoms with E-state index in [0.29, 0.717) is 5.71 Å². The minimum absolute atomic E-state index is 0.240. The van der Waals surface area contributed by atoms with E-state index in [4.69, 9.17) is 9.15 Å². The minimum atomic E-state index is -0.721. The molecule has 0 radical (unpaired) electrons. The Kier molecular flexibility index (Phi) is 3.80. The second-order valence-electron chi connectivity index (χ2n) is 4.91. The highest BCUT2D eigenvalue weighted by Crippen LogP contribution is 2.31. The quantitative estimate of drug-likeness (QED) is 0.524. The molecule has 8 heteroatoms. The zero-order chi connectivity index (χ0) is 16.4. The molecule has 0 fully saturated rings. The van der Waals surface area contributed by atoms with Gasteiger partial charge in [0.1, 0.15) is 10.6 Å². The molecule has 2 heterocycles. The monoisotopic (exact) mass is 315 g/mol. The van der Waals surface area contributed by atoms with E-state index in [1.54, 1.807) is 0 Å². The van der Waals surface area contributed by atoms with Crippen LogP contribution in [0.4, 0.5) is 5.88 Å². The number of hydrogen-bond donors (Lipinski definition) is 1. The highest BCUT2D eigenvalue weighted by atomic mass is 16.6. The summed E-state index contributed by atoms with van der Waals surface area (Å²) < 4.78 is 10.0. The van der Waals surface area contributed by atoms with E-state index in [1.165, 1.54) is 19.2 Å². The van der Waals surface area contributed by atoms with E-state index in [0.717, 1.165) is 5.56 Å². The van der Waals surface area contributed by atoms with Crippen molar-refractivity contribution in [2.75, 3.05) is 7.11 Å². The normalized spacial score (nSPS) is 19.8.